The van der Waals surface area contributed by atoms with Crippen LogP contribution < -0.4 is 5.56 Å². The van der Waals surface area contributed by atoms with Crippen LogP contribution in [0.4, 0.5) is 0 Å². The molecule has 0 atom stereocenters. The lowest BCUT2D eigenvalue weighted by molar-refractivity contribution is 0.474. The molecule has 0 fully saturated rings. The molecule has 0 amide bonds. The molecule has 0 bridgehead atoms. The summed E-state index contributed by atoms with van der Waals surface area (Å²) >= 11 is 6.34. The third-order valence-corrected chi connectivity index (χ3v) is 4.56. The van der Waals surface area contributed by atoms with Gasteiger partial charge in [-0.3, -0.25) is 9.36 Å². The quantitative estimate of drug-likeness (QED) is 0.554. The minimum Gasteiger partial charge on any atom is -0.507 e. The van der Waals surface area contributed by atoms with Gasteiger partial charge < -0.3 is 5.11 Å². The molecule has 0 aliphatic carbocycles. The molecule has 1 N–H and O–H groups in total. The first-order valence-corrected chi connectivity index (χ1v) is 8.76. The SMILES string of the molecule is O=c1c2ccccc2nc(C=Cc2ccccc2O)n1-c1ccccc1Cl. The maximum absolute atomic E-state index is 13.2. The third kappa shape index (κ3) is 3.23. The van der Waals surface area contributed by atoms with Crippen LogP contribution in [0.25, 0.3) is 28.7 Å². The number of nitrogens with zero attached hydrogens (tertiary/aromatic N) is 2. The Morgan fingerprint density at radius 3 is 2.41 bits per heavy atom. The number of hydrogen-bond donors (Lipinski definition) is 1. The Kier molecular flexibility index (Phi) is 4.48. The lowest BCUT2D eigenvalue weighted by atomic mass is 10.2. The molecule has 3 aromatic carbocycles. The summed E-state index contributed by atoms with van der Waals surface area (Å²) in [6.07, 6.45) is 3.42. The molecule has 0 saturated heterocycles. The summed E-state index contributed by atoms with van der Waals surface area (Å²) in [5, 5.41) is 10.9. The normalized spacial score (nSPS) is 11.3. The van der Waals surface area contributed by atoms with Crippen LogP contribution in [-0.2, 0) is 0 Å². The predicted molar refractivity (Wildman–Crippen MR) is 109 cm³/mol. The third-order valence-electron chi connectivity index (χ3n) is 4.24. The monoisotopic (exact) mass is 374 g/mol. The largest absolute Gasteiger partial charge is 0.507 e. The van der Waals surface area contributed by atoms with Crippen molar-refractivity contribution >= 4 is 34.7 Å². The van der Waals surface area contributed by atoms with Crippen LogP contribution in [-0.4, -0.2) is 14.7 Å². The number of phenols is 1. The number of halogens is 1. The van der Waals surface area contributed by atoms with Gasteiger partial charge in [0.2, 0.25) is 0 Å². The van der Waals surface area contributed by atoms with Gasteiger partial charge in [0.25, 0.3) is 5.56 Å². The van der Waals surface area contributed by atoms with Crippen LogP contribution in [0.1, 0.15) is 11.4 Å². The minimum absolute atomic E-state index is 0.154. The fourth-order valence-corrected chi connectivity index (χ4v) is 3.14. The van der Waals surface area contributed by atoms with Gasteiger partial charge in [0, 0.05) is 5.56 Å². The van der Waals surface area contributed by atoms with Gasteiger partial charge in [-0.2, -0.15) is 0 Å². The van der Waals surface area contributed by atoms with E-state index in [1.807, 2.05) is 24.3 Å². The summed E-state index contributed by atoms with van der Waals surface area (Å²) in [5.41, 5.74) is 1.58. The van der Waals surface area contributed by atoms with Crippen molar-refractivity contribution in [2.24, 2.45) is 0 Å². The Balaban J connectivity index is 1.99. The smallest absolute Gasteiger partial charge is 0.266 e. The molecule has 0 aliphatic heterocycles. The summed E-state index contributed by atoms with van der Waals surface area (Å²) < 4.78 is 1.49. The molecule has 132 valence electrons. The Morgan fingerprint density at radius 2 is 1.59 bits per heavy atom. The highest BCUT2D eigenvalue weighted by molar-refractivity contribution is 6.32. The predicted octanol–water partition coefficient (Wildman–Crippen LogP) is 4.92. The first kappa shape index (κ1) is 17.1. The number of para-hydroxylation sites is 3. The molecule has 1 heterocycles. The molecule has 0 spiro atoms. The number of aromatic nitrogens is 2. The van der Waals surface area contributed by atoms with Gasteiger partial charge in [-0.05, 0) is 42.5 Å². The van der Waals surface area contributed by atoms with E-state index in [9.17, 15) is 9.90 Å². The molecule has 1 aromatic heterocycles. The van der Waals surface area contributed by atoms with Gasteiger partial charge in [-0.15, -0.1) is 0 Å². The fraction of sp³-hybridized carbons (Fsp3) is 0. The van der Waals surface area contributed by atoms with Gasteiger partial charge in [0.15, 0.2) is 0 Å². The van der Waals surface area contributed by atoms with E-state index >= 15 is 0 Å². The average molecular weight is 375 g/mol. The van der Waals surface area contributed by atoms with Crippen LogP contribution in [0.2, 0.25) is 5.02 Å². The number of rotatable bonds is 3. The van der Waals surface area contributed by atoms with Crippen molar-refractivity contribution in [1.82, 2.24) is 9.55 Å². The fourth-order valence-electron chi connectivity index (χ4n) is 2.92. The highest BCUT2D eigenvalue weighted by Crippen LogP contribution is 2.23. The van der Waals surface area contributed by atoms with Gasteiger partial charge in [0.05, 0.1) is 21.6 Å². The Labute approximate surface area is 160 Å². The summed E-state index contributed by atoms with van der Waals surface area (Å²) in [4.78, 5) is 17.8. The van der Waals surface area contributed by atoms with Crippen LogP contribution in [0.15, 0.2) is 77.6 Å². The summed E-state index contributed by atoms with van der Waals surface area (Å²) in [7, 11) is 0. The maximum atomic E-state index is 13.2. The van der Waals surface area contributed by atoms with Crippen LogP contribution >= 0.6 is 11.6 Å². The lowest BCUT2D eigenvalue weighted by Crippen LogP contribution is -2.22. The number of fused-ring (bicyclic) bond motifs is 1. The van der Waals surface area contributed by atoms with Crippen molar-refractivity contribution in [2.45, 2.75) is 0 Å². The topological polar surface area (TPSA) is 55.1 Å². The van der Waals surface area contributed by atoms with E-state index in [2.05, 4.69) is 4.98 Å². The second-order valence-corrected chi connectivity index (χ2v) is 6.38. The molecule has 4 nitrogen and oxygen atoms in total. The zero-order chi connectivity index (χ0) is 18.8. The number of phenolic OH excluding ortho intramolecular Hbond substituents is 1. The summed E-state index contributed by atoms with van der Waals surface area (Å²) in [6.45, 7) is 0. The number of benzene rings is 3. The molecule has 5 heteroatoms. The first-order chi connectivity index (χ1) is 13.1. The Morgan fingerprint density at radius 1 is 0.889 bits per heavy atom. The Hall–Kier alpha value is -3.37. The lowest BCUT2D eigenvalue weighted by Gasteiger charge is -2.12. The van der Waals surface area contributed by atoms with Crippen LogP contribution in [0, 0.1) is 0 Å². The van der Waals surface area contributed by atoms with Gasteiger partial charge >= 0.3 is 0 Å². The highest BCUT2D eigenvalue weighted by atomic mass is 35.5. The van der Waals surface area contributed by atoms with E-state index in [1.165, 1.54) is 4.57 Å². The summed E-state index contributed by atoms with van der Waals surface area (Å²) in [5.74, 6) is 0.580. The van der Waals surface area contributed by atoms with Crippen molar-refractivity contribution in [2.75, 3.05) is 0 Å². The van der Waals surface area contributed by atoms with E-state index in [0.29, 0.717) is 33.0 Å². The number of hydrogen-bond acceptors (Lipinski definition) is 3. The second-order valence-electron chi connectivity index (χ2n) is 5.97. The molecular formula is C22H15ClN2O2. The first-order valence-electron chi connectivity index (χ1n) is 8.38. The molecular weight excluding hydrogens is 360 g/mol. The zero-order valence-corrected chi connectivity index (χ0v) is 15.0. The Bertz CT molecular complexity index is 1230. The van der Waals surface area contributed by atoms with Gasteiger partial charge in [-0.1, -0.05) is 54.1 Å². The highest BCUT2D eigenvalue weighted by Gasteiger charge is 2.13. The molecule has 4 aromatic rings. The minimum atomic E-state index is -0.203. The molecule has 27 heavy (non-hydrogen) atoms. The van der Waals surface area contributed by atoms with Crippen LogP contribution in [0.3, 0.4) is 0 Å². The van der Waals surface area contributed by atoms with Crippen molar-refractivity contribution in [3.05, 3.63) is 99.6 Å². The van der Waals surface area contributed by atoms with Crippen molar-refractivity contribution in [3.8, 4) is 11.4 Å². The standard InChI is InChI=1S/C22H15ClN2O2/c23-17-9-3-5-11-19(17)25-21(14-13-15-7-1-6-12-20(15)26)24-18-10-4-2-8-16(18)22(25)27/h1-14,26H. The van der Waals surface area contributed by atoms with E-state index in [1.54, 1.807) is 60.7 Å². The van der Waals surface area contributed by atoms with Crippen molar-refractivity contribution in [1.29, 1.82) is 0 Å². The van der Waals surface area contributed by atoms with Crippen LogP contribution in [0.5, 0.6) is 5.75 Å². The average Bonchev–Trinajstić information content (AvgIpc) is 2.68. The van der Waals surface area contributed by atoms with E-state index in [0.717, 1.165) is 0 Å². The maximum Gasteiger partial charge on any atom is 0.266 e. The second kappa shape index (κ2) is 7.09. The summed E-state index contributed by atoms with van der Waals surface area (Å²) in [6, 6.07) is 21.3. The molecule has 0 radical (unpaired) electrons. The van der Waals surface area contributed by atoms with Gasteiger partial charge in [-0.25, -0.2) is 4.98 Å². The van der Waals surface area contributed by atoms with E-state index in [4.69, 9.17) is 11.6 Å². The molecule has 0 unspecified atom stereocenters. The van der Waals surface area contributed by atoms with Gasteiger partial charge in [0.1, 0.15) is 11.6 Å². The molecule has 0 aliphatic rings. The number of aromatic hydroxyl groups is 1. The van der Waals surface area contributed by atoms with Crippen molar-refractivity contribution < 1.29 is 5.11 Å². The zero-order valence-electron chi connectivity index (χ0n) is 14.2. The molecule has 4 rings (SSSR count). The molecule has 0 saturated carbocycles. The van der Waals surface area contributed by atoms with Crippen molar-refractivity contribution in [3.63, 3.8) is 0 Å². The van der Waals surface area contributed by atoms with E-state index in [-0.39, 0.29) is 11.3 Å². The van der Waals surface area contributed by atoms with E-state index < -0.39 is 0 Å².